The number of carbonyl (C=O) groups excluding carboxylic acids is 1. The molecular formula is C20H16F3N5O2. The fourth-order valence-electron chi connectivity index (χ4n) is 3.03. The van der Waals surface area contributed by atoms with Gasteiger partial charge in [0.15, 0.2) is 5.65 Å². The van der Waals surface area contributed by atoms with E-state index in [1.165, 1.54) is 35.2 Å². The molecule has 0 aliphatic heterocycles. The van der Waals surface area contributed by atoms with Gasteiger partial charge in [-0.3, -0.25) is 4.79 Å². The number of benzene rings is 1. The number of esters is 1. The van der Waals surface area contributed by atoms with Gasteiger partial charge in [-0.2, -0.15) is 18.3 Å². The molecule has 0 radical (unpaired) electrons. The topological polar surface area (TPSA) is 74.3 Å². The van der Waals surface area contributed by atoms with E-state index < -0.39 is 23.6 Å². The van der Waals surface area contributed by atoms with E-state index in [9.17, 15) is 18.0 Å². The van der Waals surface area contributed by atoms with Crippen LogP contribution < -0.4 is 4.74 Å². The summed E-state index contributed by atoms with van der Waals surface area (Å²) in [5, 5.41) is 4.29. The molecule has 4 aromatic rings. The zero-order valence-electron chi connectivity index (χ0n) is 16.0. The van der Waals surface area contributed by atoms with Crippen LogP contribution in [0.15, 0.2) is 55.1 Å². The molecule has 0 fully saturated rings. The molecule has 7 nitrogen and oxygen atoms in total. The molecule has 1 atom stereocenters. The van der Waals surface area contributed by atoms with E-state index >= 15 is 0 Å². The largest absolute Gasteiger partial charge is 0.416 e. The Morgan fingerprint density at radius 1 is 1.10 bits per heavy atom. The van der Waals surface area contributed by atoms with Crippen molar-refractivity contribution < 1.29 is 22.7 Å². The predicted octanol–water partition coefficient (Wildman–Crippen LogP) is 3.86. The van der Waals surface area contributed by atoms with Gasteiger partial charge in [-0.1, -0.05) is 12.1 Å². The lowest BCUT2D eigenvalue weighted by Crippen LogP contribution is -2.20. The van der Waals surface area contributed by atoms with Crippen molar-refractivity contribution in [1.82, 2.24) is 24.1 Å². The van der Waals surface area contributed by atoms with Crippen molar-refractivity contribution in [1.29, 1.82) is 0 Å². The highest BCUT2D eigenvalue weighted by Gasteiger charge is 2.30. The van der Waals surface area contributed by atoms with Gasteiger partial charge in [0.1, 0.15) is 0 Å². The van der Waals surface area contributed by atoms with Gasteiger partial charge in [0.25, 0.3) is 0 Å². The number of carbonyl (C=O) groups is 1. The van der Waals surface area contributed by atoms with Gasteiger partial charge in [-0.05, 0) is 30.7 Å². The van der Waals surface area contributed by atoms with Crippen LogP contribution in [0, 0.1) is 0 Å². The van der Waals surface area contributed by atoms with E-state index in [0.29, 0.717) is 22.5 Å². The predicted molar refractivity (Wildman–Crippen MR) is 101 cm³/mol. The number of fused-ring (bicyclic) bond motifs is 1. The number of ether oxygens (including phenoxy) is 1. The fraction of sp³-hybridized carbons (Fsp3) is 0.200. The fourth-order valence-corrected chi connectivity index (χ4v) is 3.03. The molecule has 30 heavy (non-hydrogen) atoms. The molecule has 0 saturated carbocycles. The minimum atomic E-state index is -4.41. The molecule has 0 bridgehead atoms. The average molecular weight is 415 g/mol. The highest BCUT2D eigenvalue weighted by molar-refractivity contribution is 5.81. The number of alkyl halides is 3. The summed E-state index contributed by atoms with van der Waals surface area (Å²) in [5.41, 5.74) is 1.30. The molecule has 10 heteroatoms. The first-order valence-electron chi connectivity index (χ1n) is 8.95. The van der Waals surface area contributed by atoms with E-state index in [-0.39, 0.29) is 6.01 Å². The second-order valence-electron chi connectivity index (χ2n) is 6.70. The molecular weight excluding hydrogens is 399 g/mol. The van der Waals surface area contributed by atoms with Gasteiger partial charge in [0.2, 0.25) is 0 Å². The van der Waals surface area contributed by atoms with Crippen LogP contribution in [0.4, 0.5) is 13.2 Å². The van der Waals surface area contributed by atoms with Gasteiger partial charge in [-0.15, -0.1) is 0 Å². The molecule has 154 valence electrons. The van der Waals surface area contributed by atoms with Gasteiger partial charge < -0.3 is 9.30 Å². The lowest BCUT2D eigenvalue weighted by molar-refractivity contribution is -0.138. The maximum atomic E-state index is 12.8. The Balaban J connectivity index is 1.66. The number of aromatic nitrogens is 5. The molecule has 4 rings (SSSR count). The Morgan fingerprint density at radius 3 is 2.47 bits per heavy atom. The molecule has 3 heterocycles. The zero-order valence-corrected chi connectivity index (χ0v) is 16.0. The zero-order chi connectivity index (χ0) is 21.5. The quantitative estimate of drug-likeness (QED) is 0.473. The smallest absolute Gasteiger partial charge is 0.392 e. The molecule has 3 aromatic heterocycles. The van der Waals surface area contributed by atoms with Crippen molar-refractivity contribution in [3.63, 3.8) is 0 Å². The molecule has 0 aliphatic rings. The van der Waals surface area contributed by atoms with Crippen LogP contribution in [-0.4, -0.2) is 30.1 Å². The first-order valence-corrected chi connectivity index (χ1v) is 8.95. The van der Waals surface area contributed by atoms with Gasteiger partial charge >= 0.3 is 18.2 Å². The number of nitrogens with zero attached hydrogens (tertiary/aromatic N) is 5. The number of imidazole rings is 1. The summed E-state index contributed by atoms with van der Waals surface area (Å²) in [4.78, 5) is 20.8. The summed E-state index contributed by atoms with van der Waals surface area (Å²) in [6, 6.07) is 6.56. The Labute approximate surface area is 168 Å². The minimum absolute atomic E-state index is 0.169. The Kier molecular flexibility index (Phi) is 4.76. The van der Waals surface area contributed by atoms with Crippen LogP contribution in [0.2, 0.25) is 0 Å². The summed E-state index contributed by atoms with van der Waals surface area (Å²) < 4.78 is 46.8. The number of rotatable bonds is 4. The van der Waals surface area contributed by atoms with E-state index in [1.54, 1.807) is 30.8 Å². The second kappa shape index (κ2) is 7.29. The van der Waals surface area contributed by atoms with Crippen molar-refractivity contribution in [2.45, 2.75) is 19.0 Å². The molecule has 0 spiro atoms. The summed E-state index contributed by atoms with van der Waals surface area (Å²) in [6.07, 6.45) is 1.78. The Hall–Kier alpha value is -3.69. The minimum Gasteiger partial charge on any atom is -0.392 e. The third-order valence-electron chi connectivity index (χ3n) is 4.72. The van der Waals surface area contributed by atoms with Crippen molar-refractivity contribution in [3.05, 3.63) is 66.4 Å². The van der Waals surface area contributed by atoms with E-state index in [1.807, 2.05) is 0 Å². The van der Waals surface area contributed by atoms with Crippen LogP contribution in [0.1, 0.15) is 24.1 Å². The van der Waals surface area contributed by atoms with Gasteiger partial charge in [0.05, 0.1) is 23.4 Å². The van der Waals surface area contributed by atoms with Crippen molar-refractivity contribution in [3.8, 4) is 17.1 Å². The van der Waals surface area contributed by atoms with Crippen molar-refractivity contribution >= 4 is 11.6 Å². The first kappa shape index (κ1) is 19.6. The molecule has 1 aromatic carbocycles. The number of aryl methyl sites for hydroxylation is 1. The highest BCUT2D eigenvalue weighted by atomic mass is 19.4. The van der Waals surface area contributed by atoms with E-state index in [2.05, 4.69) is 15.1 Å². The summed E-state index contributed by atoms with van der Waals surface area (Å²) in [6.45, 7) is 1.67. The standard InChI is InChI=1S/C20H16F3N5O2/c1-12(18(29)30-19-25-9-10-27(19)2)16-7-8-24-17-15(11-26-28(16)17)13-3-5-14(6-4-13)20(21,22)23/h3-12H,1-2H3. The average Bonchev–Trinajstić information content (AvgIpc) is 3.33. The van der Waals surface area contributed by atoms with Crippen LogP contribution in [-0.2, 0) is 18.0 Å². The third kappa shape index (κ3) is 3.51. The van der Waals surface area contributed by atoms with Crippen LogP contribution in [0.25, 0.3) is 16.8 Å². The third-order valence-corrected chi connectivity index (χ3v) is 4.72. The molecule has 0 aliphatic carbocycles. The second-order valence-corrected chi connectivity index (χ2v) is 6.70. The summed E-state index contributed by atoms with van der Waals surface area (Å²) in [5.74, 6) is -1.21. The number of hydrogen-bond acceptors (Lipinski definition) is 5. The van der Waals surface area contributed by atoms with Gasteiger partial charge in [0, 0.05) is 31.2 Å². The van der Waals surface area contributed by atoms with E-state index in [0.717, 1.165) is 12.1 Å². The summed E-state index contributed by atoms with van der Waals surface area (Å²) in [7, 11) is 1.70. The van der Waals surface area contributed by atoms with Gasteiger partial charge in [-0.25, -0.2) is 14.5 Å². The Morgan fingerprint density at radius 2 is 1.83 bits per heavy atom. The molecule has 1 unspecified atom stereocenters. The van der Waals surface area contributed by atoms with Crippen LogP contribution >= 0.6 is 0 Å². The normalized spacial score (nSPS) is 12.8. The highest BCUT2D eigenvalue weighted by Crippen LogP contribution is 2.32. The lowest BCUT2D eigenvalue weighted by Gasteiger charge is -2.12. The van der Waals surface area contributed by atoms with E-state index in [4.69, 9.17) is 4.74 Å². The van der Waals surface area contributed by atoms with Crippen LogP contribution in [0.3, 0.4) is 0 Å². The molecule has 0 N–H and O–H groups in total. The molecule has 0 saturated heterocycles. The maximum Gasteiger partial charge on any atom is 0.416 e. The first-order chi connectivity index (χ1) is 14.3. The van der Waals surface area contributed by atoms with Crippen molar-refractivity contribution in [2.24, 2.45) is 7.05 Å². The van der Waals surface area contributed by atoms with Crippen LogP contribution in [0.5, 0.6) is 6.01 Å². The summed E-state index contributed by atoms with van der Waals surface area (Å²) >= 11 is 0. The lowest BCUT2D eigenvalue weighted by atomic mass is 10.1. The monoisotopic (exact) mass is 415 g/mol. The van der Waals surface area contributed by atoms with Crippen molar-refractivity contribution in [2.75, 3.05) is 0 Å². The molecule has 0 amide bonds. The SMILES string of the molecule is CC(C(=O)Oc1nccn1C)c1ccnc2c(-c3ccc(C(F)(F)F)cc3)cnn12. The Bertz CT molecular complexity index is 1210. The number of hydrogen-bond donors (Lipinski definition) is 0. The number of halogens is 3. The maximum absolute atomic E-state index is 12.8.